The van der Waals surface area contributed by atoms with Gasteiger partial charge in [0.15, 0.2) is 0 Å². The van der Waals surface area contributed by atoms with Crippen LogP contribution in [-0.4, -0.2) is 55.6 Å². The van der Waals surface area contributed by atoms with Crippen LogP contribution in [0.5, 0.6) is 0 Å². The third-order valence-corrected chi connectivity index (χ3v) is 5.13. The van der Waals surface area contributed by atoms with Crippen molar-refractivity contribution in [2.24, 2.45) is 0 Å². The van der Waals surface area contributed by atoms with Crippen molar-refractivity contribution in [3.63, 3.8) is 0 Å². The molecule has 0 saturated carbocycles. The van der Waals surface area contributed by atoms with E-state index in [0.29, 0.717) is 5.78 Å². The number of fused-ring (bicyclic) bond motifs is 1. The number of aromatic nitrogens is 5. The van der Waals surface area contributed by atoms with Crippen molar-refractivity contribution in [1.29, 1.82) is 0 Å². The molecule has 0 aliphatic carbocycles. The molecule has 7 nitrogen and oxygen atoms in total. The van der Waals surface area contributed by atoms with Crippen LogP contribution < -0.4 is 4.90 Å². The highest BCUT2D eigenvalue weighted by Crippen LogP contribution is 2.24. The Morgan fingerprint density at radius 2 is 1.79 bits per heavy atom. The first kappa shape index (κ1) is 16.8. The van der Waals surface area contributed by atoms with E-state index in [0.717, 1.165) is 49.8 Å². The molecular formula is C21H21N7. The summed E-state index contributed by atoms with van der Waals surface area (Å²) >= 11 is 0. The van der Waals surface area contributed by atoms with Crippen LogP contribution in [0.15, 0.2) is 67.3 Å². The van der Waals surface area contributed by atoms with Gasteiger partial charge in [0.1, 0.15) is 12.1 Å². The van der Waals surface area contributed by atoms with Gasteiger partial charge in [0.25, 0.3) is 5.78 Å². The van der Waals surface area contributed by atoms with Crippen LogP contribution >= 0.6 is 0 Å². The summed E-state index contributed by atoms with van der Waals surface area (Å²) in [5.74, 6) is 1.68. The van der Waals surface area contributed by atoms with Crippen LogP contribution in [-0.2, 0) is 6.54 Å². The van der Waals surface area contributed by atoms with Crippen molar-refractivity contribution in [2.75, 3.05) is 31.1 Å². The van der Waals surface area contributed by atoms with Gasteiger partial charge in [0, 0.05) is 56.7 Å². The number of piperazine rings is 1. The zero-order chi connectivity index (χ0) is 18.8. The first-order valence-corrected chi connectivity index (χ1v) is 9.49. The minimum absolute atomic E-state index is 0.633. The van der Waals surface area contributed by atoms with Crippen molar-refractivity contribution in [1.82, 2.24) is 29.5 Å². The number of pyridine rings is 1. The van der Waals surface area contributed by atoms with Crippen molar-refractivity contribution < 1.29 is 0 Å². The molecule has 0 radical (unpaired) electrons. The second-order valence-corrected chi connectivity index (χ2v) is 6.96. The molecule has 1 saturated heterocycles. The maximum atomic E-state index is 4.68. The van der Waals surface area contributed by atoms with E-state index in [2.05, 4.69) is 54.1 Å². The Morgan fingerprint density at radius 1 is 0.929 bits per heavy atom. The topological polar surface area (TPSA) is 62.5 Å². The second kappa shape index (κ2) is 7.36. The largest absolute Gasteiger partial charge is 0.354 e. The van der Waals surface area contributed by atoms with Gasteiger partial charge in [-0.2, -0.15) is 14.6 Å². The summed E-state index contributed by atoms with van der Waals surface area (Å²) in [6.07, 6.45) is 5.33. The number of hydrogen-bond acceptors (Lipinski definition) is 6. The molecule has 3 aromatic heterocycles. The average molecular weight is 371 g/mol. The van der Waals surface area contributed by atoms with E-state index in [1.807, 2.05) is 41.2 Å². The Kier molecular flexibility index (Phi) is 4.42. The van der Waals surface area contributed by atoms with E-state index in [-0.39, 0.29) is 0 Å². The van der Waals surface area contributed by atoms with Crippen molar-refractivity contribution in [2.45, 2.75) is 6.54 Å². The number of rotatable bonds is 4. The molecule has 0 bridgehead atoms. The fraction of sp³-hybridized carbons (Fsp3) is 0.238. The van der Waals surface area contributed by atoms with E-state index < -0.39 is 0 Å². The Morgan fingerprint density at radius 3 is 2.57 bits per heavy atom. The lowest BCUT2D eigenvalue weighted by Gasteiger charge is -2.36. The van der Waals surface area contributed by atoms with Gasteiger partial charge in [-0.1, -0.05) is 36.4 Å². The summed E-state index contributed by atoms with van der Waals surface area (Å²) in [5.41, 5.74) is 3.27. The highest BCUT2D eigenvalue weighted by molar-refractivity contribution is 5.65. The Hall–Kier alpha value is -3.32. The highest BCUT2D eigenvalue weighted by Gasteiger charge is 2.21. The van der Waals surface area contributed by atoms with E-state index in [9.17, 15) is 0 Å². The molecule has 0 spiro atoms. The molecule has 0 unspecified atom stereocenters. The van der Waals surface area contributed by atoms with Crippen LogP contribution in [0.1, 0.15) is 5.56 Å². The molecule has 1 aliphatic heterocycles. The van der Waals surface area contributed by atoms with E-state index in [1.54, 1.807) is 6.33 Å². The van der Waals surface area contributed by atoms with Gasteiger partial charge in [0.05, 0.1) is 5.69 Å². The number of nitrogens with zero attached hydrogens (tertiary/aromatic N) is 7. The Balaban J connectivity index is 1.38. The number of benzene rings is 1. The Bertz CT molecular complexity index is 1050. The van der Waals surface area contributed by atoms with Crippen LogP contribution in [0.2, 0.25) is 0 Å². The van der Waals surface area contributed by atoms with Gasteiger partial charge in [-0.3, -0.25) is 9.88 Å². The quantitative estimate of drug-likeness (QED) is 0.549. The third-order valence-electron chi connectivity index (χ3n) is 5.13. The standard InChI is InChI=1S/C21H21N7/c1-2-6-18(7-3-1)19-13-20(28-21(25-19)23-16-24-28)27-11-9-26(10-12-27)15-17-5-4-8-22-14-17/h1-8,13-14,16H,9-12,15H2. The van der Waals surface area contributed by atoms with Gasteiger partial charge in [-0.25, -0.2) is 4.98 Å². The van der Waals surface area contributed by atoms with E-state index >= 15 is 0 Å². The summed E-state index contributed by atoms with van der Waals surface area (Å²) in [7, 11) is 0. The molecule has 4 aromatic rings. The molecule has 4 heterocycles. The zero-order valence-electron chi connectivity index (χ0n) is 15.5. The van der Waals surface area contributed by atoms with Gasteiger partial charge in [-0.15, -0.1) is 0 Å². The fourth-order valence-corrected chi connectivity index (χ4v) is 3.66. The lowest BCUT2D eigenvalue weighted by Crippen LogP contribution is -2.46. The summed E-state index contributed by atoms with van der Waals surface area (Å²) in [6, 6.07) is 16.5. The van der Waals surface area contributed by atoms with Crippen molar-refractivity contribution in [3.05, 3.63) is 72.8 Å². The lowest BCUT2D eigenvalue weighted by atomic mass is 10.1. The molecule has 0 N–H and O–H groups in total. The van der Waals surface area contributed by atoms with Crippen molar-refractivity contribution in [3.8, 4) is 11.3 Å². The third kappa shape index (κ3) is 3.32. The van der Waals surface area contributed by atoms with Crippen LogP contribution in [0.3, 0.4) is 0 Å². The van der Waals surface area contributed by atoms with Gasteiger partial charge >= 0.3 is 0 Å². The number of anilines is 1. The molecule has 28 heavy (non-hydrogen) atoms. The monoisotopic (exact) mass is 371 g/mol. The first-order valence-electron chi connectivity index (χ1n) is 9.49. The average Bonchev–Trinajstić information content (AvgIpc) is 3.24. The summed E-state index contributed by atoms with van der Waals surface area (Å²) in [5, 5.41) is 4.39. The van der Waals surface area contributed by atoms with E-state index in [4.69, 9.17) is 0 Å². The highest BCUT2D eigenvalue weighted by atomic mass is 15.4. The van der Waals surface area contributed by atoms with Crippen molar-refractivity contribution >= 4 is 11.6 Å². The SMILES string of the molecule is c1ccc(-c2cc(N3CCN(Cc4cccnc4)CC3)n3ncnc3n2)cc1. The minimum Gasteiger partial charge on any atom is -0.354 e. The lowest BCUT2D eigenvalue weighted by molar-refractivity contribution is 0.248. The smallest absolute Gasteiger partial charge is 0.254 e. The minimum atomic E-state index is 0.633. The Labute approximate surface area is 163 Å². The van der Waals surface area contributed by atoms with E-state index in [1.165, 1.54) is 5.56 Å². The molecule has 5 rings (SSSR count). The predicted octanol–water partition coefficient (Wildman–Crippen LogP) is 2.51. The normalized spacial score (nSPS) is 15.2. The molecule has 7 heteroatoms. The van der Waals surface area contributed by atoms with Gasteiger partial charge in [0.2, 0.25) is 0 Å². The summed E-state index contributed by atoms with van der Waals surface area (Å²) < 4.78 is 1.84. The molecule has 0 amide bonds. The number of hydrogen-bond donors (Lipinski definition) is 0. The molecule has 1 aromatic carbocycles. The molecule has 1 aliphatic rings. The van der Waals surface area contributed by atoms with Crippen LogP contribution in [0.25, 0.3) is 17.0 Å². The molecular weight excluding hydrogens is 350 g/mol. The van der Waals surface area contributed by atoms with Gasteiger partial charge in [-0.05, 0) is 11.6 Å². The zero-order valence-corrected chi connectivity index (χ0v) is 15.5. The maximum Gasteiger partial charge on any atom is 0.254 e. The predicted molar refractivity (Wildman–Crippen MR) is 108 cm³/mol. The molecule has 0 atom stereocenters. The fourth-order valence-electron chi connectivity index (χ4n) is 3.66. The summed E-state index contributed by atoms with van der Waals surface area (Å²) in [6.45, 7) is 4.80. The van der Waals surface area contributed by atoms with Crippen LogP contribution in [0, 0.1) is 0 Å². The van der Waals surface area contributed by atoms with Crippen LogP contribution in [0.4, 0.5) is 5.82 Å². The van der Waals surface area contributed by atoms with Gasteiger partial charge < -0.3 is 4.90 Å². The maximum absolute atomic E-state index is 4.68. The molecule has 140 valence electrons. The first-order chi connectivity index (χ1) is 13.9. The second-order valence-electron chi connectivity index (χ2n) is 6.96. The molecule has 1 fully saturated rings. The summed E-state index contributed by atoms with van der Waals surface area (Å²) in [4.78, 5) is 18.1.